The van der Waals surface area contributed by atoms with Gasteiger partial charge in [0.15, 0.2) is 0 Å². The third kappa shape index (κ3) is 3.68. The summed E-state index contributed by atoms with van der Waals surface area (Å²) < 4.78 is 26.0. The highest BCUT2D eigenvalue weighted by atomic mass is 32.2. The van der Waals surface area contributed by atoms with E-state index >= 15 is 0 Å². The molecule has 0 heterocycles. The Hall–Kier alpha value is -1.13. The molecule has 0 fully saturated rings. The quantitative estimate of drug-likeness (QED) is 0.792. The minimum absolute atomic E-state index is 0.245. The van der Waals surface area contributed by atoms with Crippen molar-refractivity contribution in [3.8, 4) is 0 Å². The van der Waals surface area contributed by atoms with Crippen molar-refractivity contribution in [2.75, 3.05) is 6.54 Å². The molecule has 0 radical (unpaired) electrons. The Balaban J connectivity index is 2.90. The Morgan fingerprint density at radius 1 is 1.35 bits per heavy atom. The van der Waals surface area contributed by atoms with Gasteiger partial charge in [0, 0.05) is 6.54 Å². The highest BCUT2D eigenvalue weighted by Gasteiger charge is 2.12. The van der Waals surface area contributed by atoms with Gasteiger partial charge >= 0.3 is 0 Å². The minimum Gasteiger partial charge on any atom is -0.207 e. The predicted octanol–water partition coefficient (Wildman–Crippen LogP) is 2.66. The van der Waals surface area contributed by atoms with E-state index in [1.807, 2.05) is 12.1 Å². The van der Waals surface area contributed by atoms with Crippen LogP contribution in [0.15, 0.2) is 41.8 Å². The van der Waals surface area contributed by atoms with E-state index in [-0.39, 0.29) is 6.54 Å². The minimum atomic E-state index is -3.39. The number of benzene rings is 1. The van der Waals surface area contributed by atoms with Crippen molar-refractivity contribution in [1.82, 2.24) is 4.72 Å². The fourth-order valence-electron chi connectivity index (χ4n) is 1.46. The fourth-order valence-corrected chi connectivity index (χ4v) is 2.46. The van der Waals surface area contributed by atoms with Gasteiger partial charge in [0.2, 0.25) is 10.0 Å². The molecule has 0 aliphatic carbocycles. The van der Waals surface area contributed by atoms with Crippen LogP contribution in [0.25, 0.3) is 0 Å². The van der Waals surface area contributed by atoms with E-state index in [1.165, 1.54) is 6.08 Å². The maximum absolute atomic E-state index is 11.8. The lowest BCUT2D eigenvalue weighted by Gasteiger charge is -2.10. The van der Waals surface area contributed by atoms with E-state index in [4.69, 9.17) is 0 Å². The van der Waals surface area contributed by atoms with Gasteiger partial charge in [-0.25, -0.2) is 13.1 Å². The normalized spacial score (nSPS) is 13.3. The average molecular weight is 253 g/mol. The molecule has 1 rings (SSSR count). The predicted molar refractivity (Wildman–Crippen MR) is 70.5 cm³/mol. The second-order valence-corrected chi connectivity index (χ2v) is 5.79. The number of hydrogen-bond acceptors (Lipinski definition) is 2. The Morgan fingerprint density at radius 2 is 1.94 bits per heavy atom. The van der Waals surface area contributed by atoms with Crippen LogP contribution in [0.2, 0.25) is 0 Å². The molecule has 1 N–H and O–H groups in total. The molecular weight excluding hydrogens is 234 g/mol. The van der Waals surface area contributed by atoms with Crippen molar-refractivity contribution in [3.05, 3.63) is 42.5 Å². The Morgan fingerprint density at radius 3 is 2.41 bits per heavy atom. The van der Waals surface area contributed by atoms with Crippen molar-refractivity contribution >= 4 is 10.0 Å². The van der Waals surface area contributed by atoms with Crippen LogP contribution in [0.5, 0.6) is 0 Å². The van der Waals surface area contributed by atoms with E-state index < -0.39 is 10.0 Å². The van der Waals surface area contributed by atoms with Crippen LogP contribution < -0.4 is 4.72 Å². The molecule has 3 nitrogen and oxygen atoms in total. The first-order chi connectivity index (χ1) is 8.01. The molecule has 94 valence electrons. The summed E-state index contributed by atoms with van der Waals surface area (Å²) in [6.45, 7) is 7.96. The van der Waals surface area contributed by atoms with Gasteiger partial charge in [-0.2, -0.15) is 0 Å². The van der Waals surface area contributed by atoms with E-state index in [0.29, 0.717) is 10.8 Å². The first kappa shape index (κ1) is 13.9. The summed E-state index contributed by atoms with van der Waals surface area (Å²) >= 11 is 0. The lowest BCUT2D eigenvalue weighted by molar-refractivity contribution is 0.585. The first-order valence-corrected chi connectivity index (χ1v) is 7.20. The third-order valence-corrected chi connectivity index (χ3v) is 4.23. The molecule has 0 saturated carbocycles. The molecular formula is C13H19NO2S. The molecule has 0 aliphatic heterocycles. The van der Waals surface area contributed by atoms with Crippen molar-refractivity contribution in [2.24, 2.45) is 0 Å². The number of sulfonamides is 1. The van der Waals surface area contributed by atoms with Crippen molar-refractivity contribution < 1.29 is 8.42 Å². The zero-order valence-corrected chi connectivity index (χ0v) is 11.1. The van der Waals surface area contributed by atoms with Crippen LogP contribution in [-0.2, 0) is 10.0 Å². The van der Waals surface area contributed by atoms with E-state index in [2.05, 4.69) is 25.1 Å². The van der Waals surface area contributed by atoms with Crippen LogP contribution in [0.1, 0.15) is 31.7 Å². The third-order valence-electron chi connectivity index (χ3n) is 2.79. The Labute approximate surface area is 104 Å². The molecule has 0 aromatic heterocycles. The highest BCUT2D eigenvalue weighted by molar-refractivity contribution is 7.89. The Bertz CT molecular complexity index is 463. The molecule has 4 heteroatoms. The maximum Gasteiger partial charge on any atom is 0.240 e. The molecule has 1 atom stereocenters. The number of nitrogens with one attached hydrogen (secondary N) is 1. The summed E-state index contributed by atoms with van der Waals surface area (Å²) in [5.74, 6) is 0.452. The second kappa shape index (κ2) is 5.98. The van der Waals surface area contributed by atoms with Gasteiger partial charge in [-0.3, -0.25) is 0 Å². The molecule has 0 bridgehead atoms. The maximum atomic E-state index is 11.8. The molecule has 0 saturated heterocycles. The molecule has 0 amide bonds. The molecule has 1 aromatic rings. The van der Waals surface area contributed by atoms with Crippen molar-refractivity contribution in [1.29, 1.82) is 0 Å². The van der Waals surface area contributed by atoms with Crippen LogP contribution >= 0.6 is 0 Å². The van der Waals surface area contributed by atoms with Crippen LogP contribution in [0.3, 0.4) is 0 Å². The standard InChI is InChI=1S/C13H19NO2S/c1-4-10-14-17(15,16)13-8-6-12(7-9-13)11(3)5-2/h4,6-9,11,14H,1,5,10H2,2-3H3. The van der Waals surface area contributed by atoms with Gasteiger partial charge < -0.3 is 0 Å². The largest absolute Gasteiger partial charge is 0.240 e. The number of rotatable bonds is 6. The van der Waals surface area contributed by atoms with E-state index in [9.17, 15) is 8.42 Å². The van der Waals surface area contributed by atoms with E-state index in [1.54, 1.807) is 12.1 Å². The molecule has 0 spiro atoms. The topological polar surface area (TPSA) is 46.2 Å². The SMILES string of the molecule is C=CCNS(=O)(=O)c1ccc(C(C)CC)cc1. The van der Waals surface area contributed by atoms with Crippen LogP contribution in [0, 0.1) is 0 Å². The summed E-state index contributed by atoms with van der Waals surface area (Å²) in [6, 6.07) is 7.03. The van der Waals surface area contributed by atoms with Crippen LogP contribution in [0.4, 0.5) is 0 Å². The van der Waals surface area contributed by atoms with E-state index in [0.717, 1.165) is 12.0 Å². The fraction of sp³-hybridized carbons (Fsp3) is 0.385. The lowest BCUT2D eigenvalue weighted by Crippen LogP contribution is -2.23. The highest BCUT2D eigenvalue weighted by Crippen LogP contribution is 2.20. The summed E-state index contributed by atoms with van der Waals surface area (Å²) in [6.07, 6.45) is 2.56. The van der Waals surface area contributed by atoms with Crippen molar-refractivity contribution in [2.45, 2.75) is 31.1 Å². The van der Waals surface area contributed by atoms with Gasteiger partial charge in [0.25, 0.3) is 0 Å². The second-order valence-electron chi connectivity index (χ2n) is 4.02. The van der Waals surface area contributed by atoms with Gasteiger partial charge in [0.05, 0.1) is 4.90 Å². The van der Waals surface area contributed by atoms with Gasteiger partial charge in [-0.05, 0) is 30.0 Å². The summed E-state index contributed by atoms with van der Waals surface area (Å²) in [5, 5.41) is 0. The summed E-state index contributed by atoms with van der Waals surface area (Å²) in [5.41, 5.74) is 1.16. The smallest absolute Gasteiger partial charge is 0.207 e. The summed E-state index contributed by atoms with van der Waals surface area (Å²) in [4.78, 5) is 0.298. The van der Waals surface area contributed by atoms with Crippen molar-refractivity contribution in [3.63, 3.8) is 0 Å². The zero-order chi connectivity index (χ0) is 12.9. The molecule has 1 unspecified atom stereocenters. The lowest BCUT2D eigenvalue weighted by atomic mass is 9.99. The first-order valence-electron chi connectivity index (χ1n) is 5.71. The van der Waals surface area contributed by atoms with Gasteiger partial charge in [0.1, 0.15) is 0 Å². The monoisotopic (exact) mass is 253 g/mol. The number of hydrogen-bond donors (Lipinski definition) is 1. The zero-order valence-electron chi connectivity index (χ0n) is 10.3. The molecule has 1 aromatic carbocycles. The van der Waals surface area contributed by atoms with Crippen LogP contribution in [-0.4, -0.2) is 15.0 Å². The molecule has 0 aliphatic rings. The van der Waals surface area contributed by atoms with Gasteiger partial charge in [-0.15, -0.1) is 6.58 Å². The van der Waals surface area contributed by atoms with Gasteiger partial charge in [-0.1, -0.05) is 32.1 Å². The average Bonchev–Trinajstić information content (AvgIpc) is 2.35. The summed E-state index contributed by atoms with van der Waals surface area (Å²) in [7, 11) is -3.39. The Kier molecular flexibility index (Phi) is 4.90. The molecule has 17 heavy (non-hydrogen) atoms.